The molecule has 1 heterocycles. The van der Waals surface area contributed by atoms with Crippen LogP contribution in [-0.2, 0) is 9.53 Å². The average Bonchev–Trinajstić information content (AvgIpc) is 2.50. The van der Waals surface area contributed by atoms with Gasteiger partial charge >= 0.3 is 5.97 Å². The Morgan fingerprint density at radius 2 is 2.27 bits per heavy atom. The Morgan fingerprint density at radius 3 is 2.73 bits per heavy atom. The van der Waals surface area contributed by atoms with Crippen molar-refractivity contribution in [3.63, 3.8) is 0 Å². The maximum absolute atomic E-state index is 10.6. The molecule has 0 aromatic heterocycles. The summed E-state index contributed by atoms with van der Waals surface area (Å²) in [5.41, 5.74) is 0. The molecule has 5 heteroatoms. The van der Waals surface area contributed by atoms with Crippen molar-refractivity contribution in [3.8, 4) is 0 Å². The zero-order chi connectivity index (χ0) is 11.4. The van der Waals surface area contributed by atoms with Crippen LogP contribution in [0.5, 0.6) is 0 Å². The molecule has 1 saturated heterocycles. The first-order chi connectivity index (χ1) is 6.99. The standard InChI is InChI=1S/C10H19NO4/c1-7(12)5-11(2)6-8-3-4-9(15-8)10(13)14/h7-9,12H,3-6H2,1-2H3,(H,13,14). The number of aliphatic carboxylic acids is 1. The van der Waals surface area contributed by atoms with Crippen LogP contribution in [0.15, 0.2) is 0 Å². The third kappa shape index (κ3) is 4.15. The second kappa shape index (κ2) is 5.44. The molecule has 0 saturated carbocycles. The highest BCUT2D eigenvalue weighted by molar-refractivity contribution is 5.72. The fraction of sp³-hybridized carbons (Fsp3) is 0.900. The molecule has 5 nitrogen and oxygen atoms in total. The Morgan fingerprint density at radius 1 is 1.60 bits per heavy atom. The van der Waals surface area contributed by atoms with E-state index in [1.165, 1.54) is 0 Å². The van der Waals surface area contributed by atoms with Gasteiger partial charge in [0.15, 0.2) is 6.10 Å². The second-order valence-corrected chi connectivity index (χ2v) is 4.23. The van der Waals surface area contributed by atoms with E-state index in [-0.39, 0.29) is 12.2 Å². The monoisotopic (exact) mass is 217 g/mol. The summed E-state index contributed by atoms with van der Waals surface area (Å²) in [6, 6.07) is 0. The lowest BCUT2D eigenvalue weighted by atomic mass is 10.2. The van der Waals surface area contributed by atoms with Crippen LogP contribution < -0.4 is 0 Å². The summed E-state index contributed by atoms with van der Waals surface area (Å²) in [5.74, 6) is -0.879. The number of hydrogen-bond acceptors (Lipinski definition) is 4. The molecule has 88 valence electrons. The maximum atomic E-state index is 10.6. The van der Waals surface area contributed by atoms with Crippen molar-refractivity contribution in [1.29, 1.82) is 0 Å². The fourth-order valence-electron chi connectivity index (χ4n) is 1.89. The van der Waals surface area contributed by atoms with Crippen LogP contribution in [0.4, 0.5) is 0 Å². The molecule has 0 aromatic carbocycles. The van der Waals surface area contributed by atoms with Gasteiger partial charge in [-0.2, -0.15) is 0 Å². The zero-order valence-electron chi connectivity index (χ0n) is 9.22. The lowest BCUT2D eigenvalue weighted by Gasteiger charge is -2.21. The molecule has 0 spiro atoms. The number of aliphatic hydroxyl groups is 1. The number of rotatable bonds is 5. The van der Waals surface area contributed by atoms with E-state index < -0.39 is 12.1 Å². The van der Waals surface area contributed by atoms with Crippen molar-refractivity contribution in [2.45, 2.75) is 38.1 Å². The largest absolute Gasteiger partial charge is 0.479 e. The van der Waals surface area contributed by atoms with Gasteiger partial charge in [0.05, 0.1) is 12.2 Å². The highest BCUT2D eigenvalue weighted by atomic mass is 16.5. The number of carboxylic acid groups (broad SMARTS) is 1. The number of carboxylic acids is 1. The number of nitrogens with zero attached hydrogens (tertiary/aromatic N) is 1. The highest BCUT2D eigenvalue weighted by Crippen LogP contribution is 2.20. The van der Waals surface area contributed by atoms with Gasteiger partial charge in [0.25, 0.3) is 0 Å². The minimum Gasteiger partial charge on any atom is -0.479 e. The summed E-state index contributed by atoms with van der Waals surface area (Å²) < 4.78 is 5.35. The summed E-state index contributed by atoms with van der Waals surface area (Å²) >= 11 is 0. The molecule has 1 rings (SSSR count). The van der Waals surface area contributed by atoms with E-state index in [0.29, 0.717) is 19.5 Å². The van der Waals surface area contributed by atoms with E-state index in [2.05, 4.69) is 0 Å². The topological polar surface area (TPSA) is 70.0 Å². The van der Waals surface area contributed by atoms with E-state index in [0.717, 1.165) is 6.42 Å². The van der Waals surface area contributed by atoms with E-state index in [9.17, 15) is 4.79 Å². The van der Waals surface area contributed by atoms with E-state index in [1.54, 1.807) is 6.92 Å². The molecule has 0 amide bonds. The molecule has 15 heavy (non-hydrogen) atoms. The van der Waals surface area contributed by atoms with Crippen LogP contribution in [0.25, 0.3) is 0 Å². The molecular formula is C10H19NO4. The predicted molar refractivity (Wildman–Crippen MR) is 54.7 cm³/mol. The molecule has 1 aliphatic rings. The third-order valence-electron chi connectivity index (χ3n) is 2.47. The van der Waals surface area contributed by atoms with Crippen molar-refractivity contribution in [1.82, 2.24) is 4.90 Å². The van der Waals surface area contributed by atoms with Gasteiger partial charge < -0.3 is 19.8 Å². The number of carbonyl (C=O) groups is 1. The van der Waals surface area contributed by atoms with Gasteiger partial charge in [-0.25, -0.2) is 4.79 Å². The lowest BCUT2D eigenvalue weighted by molar-refractivity contribution is -0.149. The van der Waals surface area contributed by atoms with Crippen molar-refractivity contribution >= 4 is 5.97 Å². The van der Waals surface area contributed by atoms with Gasteiger partial charge in [0.1, 0.15) is 0 Å². The Bertz CT molecular complexity index is 219. The molecule has 1 fully saturated rings. The van der Waals surface area contributed by atoms with Gasteiger partial charge in [0, 0.05) is 13.1 Å². The Hall–Kier alpha value is -0.650. The first kappa shape index (κ1) is 12.4. The van der Waals surface area contributed by atoms with Crippen molar-refractivity contribution in [3.05, 3.63) is 0 Å². The summed E-state index contributed by atoms with van der Waals surface area (Å²) in [4.78, 5) is 12.6. The molecule has 3 atom stereocenters. The molecule has 1 aliphatic heterocycles. The molecular weight excluding hydrogens is 198 g/mol. The van der Waals surface area contributed by atoms with Crippen LogP contribution in [-0.4, -0.2) is 59.5 Å². The first-order valence-electron chi connectivity index (χ1n) is 5.24. The van der Waals surface area contributed by atoms with Crippen LogP contribution in [0.2, 0.25) is 0 Å². The third-order valence-corrected chi connectivity index (χ3v) is 2.47. The minimum absolute atomic E-state index is 0.0187. The molecule has 3 unspecified atom stereocenters. The minimum atomic E-state index is -0.879. The van der Waals surface area contributed by atoms with Crippen LogP contribution in [0.3, 0.4) is 0 Å². The summed E-state index contributed by atoms with van der Waals surface area (Å²) in [7, 11) is 1.89. The number of ether oxygens (including phenoxy) is 1. The Kier molecular flexibility index (Phi) is 4.50. The Labute approximate surface area is 89.6 Å². The van der Waals surface area contributed by atoms with Crippen LogP contribution in [0.1, 0.15) is 19.8 Å². The molecule has 2 N–H and O–H groups in total. The molecule has 0 bridgehead atoms. The fourth-order valence-corrected chi connectivity index (χ4v) is 1.89. The van der Waals surface area contributed by atoms with E-state index >= 15 is 0 Å². The highest BCUT2D eigenvalue weighted by Gasteiger charge is 2.30. The van der Waals surface area contributed by atoms with E-state index in [1.807, 2.05) is 11.9 Å². The predicted octanol–water partition coefficient (Wildman–Crippen LogP) is -0.0688. The van der Waals surface area contributed by atoms with Gasteiger partial charge in [0.2, 0.25) is 0 Å². The summed E-state index contributed by atoms with van der Waals surface area (Å²) in [5, 5.41) is 17.9. The van der Waals surface area contributed by atoms with Gasteiger partial charge in [-0.15, -0.1) is 0 Å². The van der Waals surface area contributed by atoms with Gasteiger partial charge in [-0.3, -0.25) is 0 Å². The van der Waals surface area contributed by atoms with Crippen molar-refractivity contribution in [2.75, 3.05) is 20.1 Å². The van der Waals surface area contributed by atoms with Gasteiger partial charge in [-0.05, 0) is 26.8 Å². The van der Waals surface area contributed by atoms with Crippen LogP contribution >= 0.6 is 0 Å². The lowest BCUT2D eigenvalue weighted by Crippen LogP contribution is -2.34. The summed E-state index contributed by atoms with van der Waals surface area (Å²) in [6.07, 6.45) is 0.334. The van der Waals surface area contributed by atoms with Crippen molar-refractivity contribution in [2.24, 2.45) is 0 Å². The first-order valence-corrected chi connectivity index (χ1v) is 5.24. The van der Waals surface area contributed by atoms with Crippen LogP contribution in [0, 0.1) is 0 Å². The number of aliphatic hydroxyl groups excluding tert-OH is 1. The molecule has 0 aliphatic carbocycles. The maximum Gasteiger partial charge on any atom is 0.332 e. The normalized spacial score (nSPS) is 28.3. The second-order valence-electron chi connectivity index (χ2n) is 4.23. The van der Waals surface area contributed by atoms with E-state index in [4.69, 9.17) is 14.9 Å². The smallest absolute Gasteiger partial charge is 0.332 e. The quantitative estimate of drug-likeness (QED) is 0.674. The van der Waals surface area contributed by atoms with Gasteiger partial charge in [-0.1, -0.05) is 0 Å². The summed E-state index contributed by atoms with van der Waals surface area (Å²) in [6.45, 7) is 2.98. The SMILES string of the molecule is CC(O)CN(C)CC1CCC(C(=O)O)O1. The number of likely N-dealkylation sites (N-methyl/N-ethyl adjacent to an activating group) is 1. The van der Waals surface area contributed by atoms with Crippen molar-refractivity contribution < 1.29 is 19.7 Å². The average molecular weight is 217 g/mol. The zero-order valence-corrected chi connectivity index (χ0v) is 9.22. The molecule has 0 radical (unpaired) electrons. The number of hydrogen-bond donors (Lipinski definition) is 2. The molecule has 0 aromatic rings. The Balaban J connectivity index is 2.26.